The van der Waals surface area contributed by atoms with Crippen LogP contribution in [0.1, 0.15) is 13.8 Å². The Labute approximate surface area is 96.9 Å². The van der Waals surface area contributed by atoms with E-state index in [9.17, 15) is 22.8 Å². The van der Waals surface area contributed by atoms with Gasteiger partial charge in [0.25, 0.3) is 0 Å². The molecule has 0 aromatic carbocycles. The van der Waals surface area contributed by atoms with Crippen LogP contribution in [0.5, 0.6) is 0 Å². The number of hydrogen-bond acceptors (Lipinski definition) is 3. The van der Waals surface area contributed by atoms with E-state index >= 15 is 0 Å². The van der Waals surface area contributed by atoms with E-state index in [-0.39, 0.29) is 13.1 Å². The summed E-state index contributed by atoms with van der Waals surface area (Å²) in [6.45, 7) is 1.58. The molecule has 0 radical (unpaired) electrons. The standard InChI is InChI=1S/C9H16F3N3O2/c1-8(2,7(13)17)4-14-3-6(16)15-5-9(10,11)12/h14H,3-5H2,1-2H3,(H2,13,17)(H,15,16). The van der Waals surface area contributed by atoms with E-state index in [1.165, 1.54) is 0 Å². The fourth-order valence-electron chi connectivity index (χ4n) is 0.837. The molecule has 0 aromatic heterocycles. The van der Waals surface area contributed by atoms with Crippen LogP contribution in [0.15, 0.2) is 0 Å². The van der Waals surface area contributed by atoms with E-state index in [4.69, 9.17) is 5.73 Å². The van der Waals surface area contributed by atoms with Crippen molar-refractivity contribution < 1.29 is 22.8 Å². The average molecular weight is 255 g/mol. The molecular weight excluding hydrogens is 239 g/mol. The van der Waals surface area contributed by atoms with Gasteiger partial charge in [-0.3, -0.25) is 9.59 Å². The SMILES string of the molecule is CC(C)(CNCC(=O)NCC(F)(F)F)C(N)=O. The molecule has 0 fully saturated rings. The molecule has 0 spiro atoms. The van der Waals surface area contributed by atoms with E-state index in [0.717, 1.165) is 0 Å². The van der Waals surface area contributed by atoms with Crippen LogP contribution < -0.4 is 16.4 Å². The summed E-state index contributed by atoms with van der Waals surface area (Å²) < 4.78 is 35.2. The Morgan fingerprint density at radius 2 is 1.71 bits per heavy atom. The Bertz CT molecular complexity index is 290. The van der Waals surface area contributed by atoms with E-state index in [2.05, 4.69) is 5.32 Å². The Hall–Kier alpha value is -1.31. The van der Waals surface area contributed by atoms with Gasteiger partial charge in [-0.2, -0.15) is 13.2 Å². The van der Waals surface area contributed by atoms with E-state index in [1.807, 2.05) is 0 Å². The number of alkyl halides is 3. The number of nitrogens with two attached hydrogens (primary N) is 1. The first kappa shape index (κ1) is 15.7. The second-order valence-corrected chi connectivity index (χ2v) is 4.24. The van der Waals surface area contributed by atoms with Crippen LogP contribution in [0.4, 0.5) is 13.2 Å². The summed E-state index contributed by atoms with van der Waals surface area (Å²) in [7, 11) is 0. The monoisotopic (exact) mass is 255 g/mol. The predicted molar refractivity (Wildman–Crippen MR) is 54.9 cm³/mol. The maximum atomic E-state index is 11.7. The zero-order chi connectivity index (χ0) is 13.7. The lowest BCUT2D eigenvalue weighted by molar-refractivity contribution is -0.138. The fourth-order valence-corrected chi connectivity index (χ4v) is 0.837. The molecule has 8 heteroatoms. The third kappa shape index (κ3) is 7.56. The number of amides is 2. The van der Waals surface area contributed by atoms with Gasteiger partial charge in [-0.1, -0.05) is 0 Å². The molecule has 0 heterocycles. The van der Waals surface area contributed by atoms with Crippen LogP contribution >= 0.6 is 0 Å². The first-order valence-corrected chi connectivity index (χ1v) is 4.89. The molecule has 0 aliphatic heterocycles. The van der Waals surface area contributed by atoms with Crippen LogP contribution in [-0.4, -0.2) is 37.6 Å². The molecule has 5 nitrogen and oxygen atoms in total. The van der Waals surface area contributed by atoms with Crippen molar-refractivity contribution >= 4 is 11.8 Å². The van der Waals surface area contributed by atoms with Crippen LogP contribution in [0.25, 0.3) is 0 Å². The second kappa shape index (κ2) is 5.85. The summed E-state index contributed by atoms with van der Waals surface area (Å²) in [4.78, 5) is 21.8. The molecule has 0 aliphatic carbocycles. The molecule has 4 N–H and O–H groups in total. The largest absolute Gasteiger partial charge is 0.405 e. The molecule has 17 heavy (non-hydrogen) atoms. The molecule has 2 amide bonds. The molecule has 100 valence electrons. The van der Waals surface area contributed by atoms with Crippen molar-refractivity contribution in [2.45, 2.75) is 20.0 Å². The molecule has 0 bridgehead atoms. The zero-order valence-corrected chi connectivity index (χ0v) is 9.65. The van der Waals surface area contributed by atoms with Crippen LogP contribution in [0, 0.1) is 5.41 Å². The summed E-state index contributed by atoms with van der Waals surface area (Å²) in [6, 6.07) is 0. The fraction of sp³-hybridized carbons (Fsp3) is 0.778. The van der Waals surface area contributed by atoms with Crippen LogP contribution in [-0.2, 0) is 9.59 Å². The third-order valence-corrected chi connectivity index (χ3v) is 2.01. The van der Waals surface area contributed by atoms with Crippen molar-refractivity contribution in [3.8, 4) is 0 Å². The summed E-state index contributed by atoms with van der Waals surface area (Å²) in [5, 5.41) is 4.26. The zero-order valence-electron chi connectivity index (χ0n) is 9.65. The molecule has 0 rings (SSSR count). The minimum atomic E-state index is -4.43. The molecule has 0 aliphatic rings. The number of halogens is 3. The topological polar surface area (TPSA) is 84.2 Å². The predicted octanol–water partition coefficient (Wildman–Crippen LogP) is -0.234. The molecule has 0 saturated carbocycles. The number of hydrogen-bond donors (Lipinski definition) is 3. The van der Waals surface area contributed by atoms with Crippen molar-refractivity contribution in [2.75, 3.05) is 19.6 Å². The van der Waals surface area contributed by atoms with Gasteiger partial charge < -0.3 is 16.4 Å². The quantitative estimate of drug-likeness (QED) is 0.612. The van der Waals surface area contributed by atoms with Gasteiger partial charge in [0, 0.05) is 6.54 Å². The van der Waals surface area contributed by atoms with E-state index in [0.29, 0.717) is 0 Å². The summed E-state index contributed by atoms with van der Waals surface area (Å²) in [6.07, 6.45) is -4.43. The molecule has 0 aromatic rings. The first-order chi connectivity index (χ1) is 7.54. The van der Waals surface area contributed by atoms with Gasteiger partial charge in [-0.05, 0) is 13.8 Å². The van der Waals surface area contributed by atoms with Crippen LogP contribution in [0.2, 0.25) is 0 Å². The highest BCUT2D eigenvalue weighted by atomic mass is 19.4. The Morgan fingerprint density at radius 3 is 2.12 bits per heavy atom. The second-order valence-electron chi connectivity index (χ2n) is 4.24. The van der Waals surface area contributed by atoms with Crippen molar-refractivity contribution in [3.05, 3.63) is 0 Å². The van der Waals surface area contributed by atoms with Crippen LogP contribution in [0.3, 0.4) is 0 Å². The highest BCUT2D eigenvalue weighted by Gasteiger charge is 2.28. The number of nitrogens with one attached hydrogen (secondary N) is 2. The van der Waals surface area contributed by atoms with Gasteiger partial charge in [0.2, 0.25) is 11.8 Å². The van der Waals surface area contributed by atoms with Gasteiger partial charge in [-0.15, -0.1) is 0 Å². The number of carbonyl (C=O) groups excluding carboxylic acids is 2. The minimum absolute atomic E-state index is 0.113. The minimum Gasteiger partial charge on any atom is -0.369 e. The van der Waals surface area contributed by atoms with Gasteiger partial charge in [0.1, 0.15) is 6.54 Å². The average Bonchev–Trinajstić information content (AvgIpc) is 2.13. The summed E-state index contributed by atoms with van der Waals surface area (Å²) in [5.41, 5.74) is 4.22. The molecule has 0 atom stereocenters. The summed E-state index contributed by atoms with van der Waals surface area (Å²) in [5.74, 6) is -1.34. The van der Waals surface area contributed by atoms with Crippen molar-refractivity contribution in [2.24, 2.45) is 11.1 Å². The Morgan fingerprint density at radius 1 is 1.18 bits per heavy atom. The van der Waals surface area contributed by atoms with E-state index < -0.39 is 30.0 Å². The highest BCUT2D eigenvalue weighted by molar-refractivity contribution is 5.80. The van der Waals surface area contributed by atoms with Gasteiger partial charge in [-0.25, -0.2) is 0 Å². The third-order valence-electron chi connectivity index (χ3n) is 2.01. The number of rotatable bonds is 6. The van der Waals surface area contributed by atoms with E-state index in [1.54, 1.807) is 19.2 Å². The normalized spacial score (nSPS) is 12.3. The smallest absolute Gasteiger partial charge is 0.369 e. The molecule has 0 saturated heterocycles. The molecule has 0 unspecified atom stereocenters. The lowest BCUT2D eigenvalue weighted by atomic mass is 9.93. The maximum Gasteiger partial charge on any atom is 0.405 e. The van der Waals surface area contributed by atoms with Crippen molar-refractivity contribution in [3.63, 3.8) is 0 Å². The lowest BCUT2D eigenvalue weighted by Gasteiger charge is -2.20. The Kier molecular flexibility index (Phi) is 5.40. The van der Waals surface area contributed by atoms with Gasteiger partial charge >= 0.3 is 6.18 Å². The lowest BCUT2D eigenvalue weighted by Crippen LogP contribution is -2.44. The van der Waals surface area contributed by atoms with Gasteiger partial charge in [0.05, 0.1) is 12.0 Å². The van der Waals surface area contributed by atoms with Crippen molar-refractivity contribution in [1.82, 2.24) is 10.6 Å². The maximum absolute atomic E-state index is 11.7. The number of carbonyl (C=O) groups is 2. The molecular formula is C9H16F3N3O2. The van der Waals surface area contributed by atoms with Crippen molar-refractivity contribution in [1.29, 1.82) is 0 Å². The van der Waals surface area contributed by atoms with Gasteiger partial charge in [0.15, 0.2) is 0 Å². The number of primary amides is 1. The summed E-state index contributed by atoms with van der Waals surface area (Å²) >= 11 is 0. The first-order valence-electron chi connectivity index (χ1n) is 4.89. The Balaban J connectivity index is 3.83. The highest BCUT2D eigenvalue weighted by Crippen LogP contribution is 2.12.